The molecule has 3 heterocycles. The molecule has 1 aromatic carbocycles. The minimum atomic E-state index is -4.73. The number of benzene rings is 1. The Kier molecular flexibility index (Phi) is 6.59. The first-order chi connectivity index (χ1) is 17.2. The highest BCUT2D eigenvalue weighted by Crippen LogP contribution is 2.33. The Morgan fingerprint density at radius 2 is 1.41 bits per heavy atom. The molecule has 0 aliphatic heterocycles. The van der Waals surface area contributed by atoms with Gasteiger partial charge < -0.3 is 10.4 Å². The molecule has 0 unspecified atom stereocenters. The normalized spacial score (nSPS) is 12.5. The predicted molar refractivity (Wildman–Crippen MR) is 121 cm³/mol. The molecule has 192 valence electrons. The van der Waals surface area contributed by atoms with Gasteiger partial charge in [-0.25, -0.2) is 9.97 Å². The minimum absolute atomic E-state index is 0.0467. The number of pyridine rings is 2. The maximum atomic E-state index is 13.3. The maximum Gasteiger partial charge on any atom is 0.433 e. The molecule has 7 nitrogen and oxygen atoms in total. The molecule has 0 radical (unpaired) electrons. The molecular formula is C24H18F6N6O. The summed E-state index contributed by atoms with van der Waals surface area (Å²) in [4.78, 5) is 19.5. The van der Waals surface area contributed by atoms with E-state index in [9.17, 15) is 31.4 Å². The van der Waals surface area contributed by atoms with E-state index in [4.69, 9.17) is 0 Å². The van der Waals surface area contributed by atoms with Crippen molar-refractivity contribution in [2.24, 2.45) is 0 Å². The first kappa shape index (κ1) is 25.9. The van der Waals surface area contributed by atoms with E-state index in [-0.39, 0.29) is 29.0 Å². The van der Waals surface area contributed by atoms with Crippen molar-refractivity contribution in [3.8, 4) is 22.9 Å². The Morgan fingerprint density at radius 3 is 2.08 bits per heavy atom. The van der Waals surface area contributed by atoms with Gasteiger partial charge in [0.15, 0.2) is 11.6 Å². The molecule has 0 aliphatic carbocycles. The summed E-state index contributed by atoms with van der Waals surface area (Å²) in [7, 11) is 0. The van der Waals surface area contributed by atoms with E-state index in [2.05, 4.69) is 30.2 Å². The zero-order valence-electron chi connectivity index (χ0n) is 19.2. The van der Waals surface area contributed by atoms with Gasteiger partial charge in [-0.1, -0.05) is 30.3 Å². The van der Waals surface area contributed by atoms with Crippen LogP contribution >= 0.6 is 0 Å². The molecule has 4 rings (SSSR count). The molecule has 4 aromatic rings. The molecule has 0 amide bonds. The van der Waals surface area contributed by atoms with Gasteiger partial charge in [-0.05, 0) is 43.7 Å². The summed E-state index contributed by atoms with van der Waals surface area (Å²) >= 11 is 0. The van der Waals surface area contributed by atoms with E-state index in [0.717, 1.165) is 24.4 Å². The fourth-order valence-electron chi connectivity index (χ4n) is 3.39. The minimum Gasteiger partial charge on any atom is -0.386 e. The fraction of sp³-hybridized carbons (Fsp3) is 0.208. The van der Waals surface area contributed by atoms with E-state index in [1.807, 2.05) is 0 Å². The number of aliphatic hydroxyl groups is 1. The highest BCUT2D eigenvalue weighted by atomic mass is 19.4. The molecule has 13 heteroatoms. The van der Waals surface area contributed by atoms with Gasteiger partial charge in [0.25, 0.3) is 0 Å². The van der Waals surface area contributed by atoms with Gasteiger partial charge >= 0.3 is 12.4 Å². The zero-order valence-corrected chi connectivity index (χ0v) is 19.2. The molecule has 0 fully saturated rings. The lowest BCUT2D eigenvalue weighted by Gasteiger charge is -2.21. The quantitative estimate of drug-likeness (QED) is 0.312. The Labute approximate surface area is 206 Å². The van der Waals surface area contributed by atoms with Crippen LogP contribution < -0.4 is 5.32 Å². The molecular weight excluding hydrogens is 502 g/mol. The monoisotopic (exact) mass is 520 g/mol. The molecule has 0 atom stereocenters. The molecule has 0 aliphatic rings. The average molecular weight is 520 g/mol. The Morgan fingerprint density at radius 1 is 0.730 bits per heavy atom. The summed E-state index contributed by atoms with van der Waals surface area (Å²) in [5.74, 6) is -0.576. The maximum absolute atomic E-state index is 13.3. The summed E-state index contributed by atoms with van der Waals surface area (Å²) in [6.45, 7) is 3.05. The summed E-state index contributed by atoms with van der Waals surface area (Å²) in [5, 5.41) is 13.2. The summed E-state index contributed by atoms with van der Waals surface area (Å²) in [6, 6.07) is 11.7. The third kappa shape index (κ3) is 6.00. The second kappa shape index (κ2) is 9.39. The van der Waals surface area contributed by atoms with E-state index < -0.39 is 29.3 Å². The van der Waals surface area contributed by atoms with E-state index in [0.29, 0.717) is 11.1 Å². The van der Waals surface area contributed by atoms with Crippen LogP contribution in [0.4, 0.5) is 38.0 Å². The van der Waals surface area contributed by atoms with E-state index >= 15 is 0 Å². The molecule has 0 saturated heterocycles. The topological polar surface area (TPSA) is 96.7 Å². The van der Waals surface area contributed by atoms with Crippen LogP contribution in [-0.4, -0.2) is 30.0 Å². The lowest BCUT2D eigenvalue weighted by Crippen LogP contribution is -2.17. The summed E-state index contributed by atoms with van der Waals surface area (Å²) < 4.78 is 79.1. The van der Waals surface area contributed by atoms with Crippen molar-refractivity contribution in [3.63, 3.8) is 0 Å². The first-order valence-electron chi connectivity index (χ1n) is 10.6. The van der Waals surface area contributed by atoms with Crippen LogP contribution in [0.5, 0.6) is 0 Å². The Hall–Kier alpha value is -4.13. The number of anilines is 2. The van der Waals surface area contributed by atoms with Crippen LogP contribution in [0.2, 0.25) is 0 Å². The van der Waals surface area contributed by atoms with Crippen molar-refractivity contribution in [3.05, 3.63) is 77.7 Å². The third-order valence-electron chi connectivity index (χ3n) is 5.04. The third-order valence-corrected chi connectivity index (χ3v) is 5.04. The first-order valence-corrected chi connectivity index (χ1v) is 10.6. The van der Waals surface area contributed by atoms with Gasteiger partial charge in [0.1, 0.15) is 17.1 Å². The lowest BCUT2D eigenvalue weighted by molar-refractivity contribution is -0.141. The second-order valence-corrected chi connectivity index (χ2v) is 8.37. The van der Waals surface area contributed by atoms with Crippen LogP contribution in [0.1, 0.15) is 30.8 Å². The molecule has 0 spiro atoms. The number of nitrogens with one attached hydrogen (secondary N) is 1. The van der Waals surface area contributed by atoms with Gasteiger partial charge in [-0.3, -0.25) is 4.98 Å². The van der Waals surface area contributed by atoms with Crippen molar-refractivity contribution >= 4 is 11.6 Å². The van der Waals surface area contributed by atoms with E-state index in [1.165, 1.54) is 26.0 Å². The van der Waals surface area contributed by atoms with Crippen molar-refractivity contribution in [1.29, 1.82) is 0 Å². The molecule has 2 N–H and O–H groups in total. The van der Waals surface area contributed by atoms with Crippen LogP contribution in [0.25, 0.3) is 22.9 Å². The van der Waals surface area contributed by atoms with Crippen LogP contribution in [0.15, 0.2) is 60.8 Å². The molecule has 0 bridgehead atoms. The van der Waals surface area contributed by atoms with Crippen molar-refractivity contribution in [1.82, 2.24) is 24.9 Å². The van der Waals surface area contributed by atoms with Crippen molar-refractivity contribution < 1.29 is 31.4 Å². The van der Waals surface area contributed by atoms with Crippen LogP contribution in [0.3, 0.4) is 0 Å². The Balaban J connectivity index is 1.88. The SMILES string of the molecule is CC(C)(O)c1ccccc1-c1nc(Nc2ccnc(C(F)(F)F)c2)nc(-c2cccc(C(F)(F)F)n2)n1. The number of rotatable bonds is 5. The molecule has 3 aromatic heterocycles. The number of hydrogen-bond acceptors (Lipinski definition) is 7. The molecule has 37 heavy (non-hydrogen) atoms. The lowest BCUT2D eigenvalue weighted by atomic mass is 9.93. The summed E-state index contributed by atoms with van der Waals surface area (Å²) in [5.41, 5.74) is -3.27. The largest absolute Gasteiger partial charge is 0.433 e. The average Bonchev–Trinajstić information content (AvgIpc) is 2.82. The zero-order chi connectivity index (χ0) is 27.0. The standard InChI is InChI=1S/C24H18F6N6O/c1-22(2,37)15-7-4-3-6-14(15)19-34-20(16-8-5-9-17(33-16)23(25,26)27)36-21(35-19)32-13-10-11-31-18(12-13)24(28,29)30/h3-12,37H,1-2H3,(H,31,32,34,35,36). The number of halogens is 6. The van der Waals surface area contributed by atoms with Gasteiger partial charge in [-0.2, -0.15) is 36.3 Å². The second-order valence-electron chi connectivity index (χ2n) is 8.37. The van der Waals surface area contributed by atoms with E-state index in [1.54, 1.807) is 24.3 Å². The van der Waals surface area contributed by atoms with Gasteiger partial charge in [0.05, 0.1) is 5.60 Å². The fourth-order valence-corrected chi connectivity index (χ4v) is 3.39. The number of hydrogen-bond donors (Lipinski definition) is 2. The van der Waals surface area contributed by atoms with Crippen molar-refractivity contribution in [2.75, 3.05) is 5.32 Å². The smallest absolute Gasteiger partial charge is 0.386 e. The van der Waals surface area contributed by atoms with Crippen molar-refractivity contribution in [2.45, 2.75) is 31.8 Å². The van der Waals surface area contributed by atoms with Crippen LogP contribution in [0, 0.1) is 0 Å². The number of alkyl halides is 6. The number of aromatic nitrogens is 5. The van der Waals surface area contributed by atoms with Crippen LogP contribution in [-0.2, 0) is 18.0 Å². The highest BCUT2D eigenvalue weighted by Gasteiger charge is 2.34. The van der Waals surface area contributed by atoms with Gasteiger partial charge in [0.2, 0.25) is 5.95 Å². The highest BCUT2D eigenvalue weighted by molar-refractivity contribution is 5.66. The Bertz CT molecular complexity index is 1430. The predicted octanol–water partition coefficient (Wildman–Crippen LogP) is 6.00. The summed E-state index contributed by atoms with van der Waals surface area (Å²) in [6.07, 6.45) is -8.50. The number of nitrogens with zero attached hydrogens (tertiary/aromatic N) is 5. The molecule has 0 saturated carbocycles. The van der Waals surface area contributed by atoms with Gasteiger partial charge in [0, 0.05) is 17.4 Å². The van der Waals surface area contributed by atoms with Gasteiger partial charge in [-0.15, -0.1) is 0 Å².